The fourth-order valence-electron chi connectivity index (χ4n) is 6.83. The van der Waals surface area contributed by atoms with Gasteiger partial charge in [0.15, 0.2) is 0 Å². The third kappa shape index (κ3) is 6.50. The highest BCUT2D eigenvalue weighted by molar-refractivity contribution is 5.70. The van der Waals surface area contributed by atoms with E-state index in [0.717, 1.165) is 25.3 Å². The molecule has 0 spiro atoms. The van der Waals surface area contributed by atoms with Gasteiger partial charge in [0.25, 0.3) is 0 Å². The molecule has 1 saturated carbocycles. The zero-order valence-electron chi connectivity index (χ0n) is 21.1. The van der Waals surface area contributed by atoms with E-state index in [0.29, 0.717) is 11.8 Å². The topological polar surface area (TPSA) is 40.5 Å². The van der Waals surface area contributed by atoms with Gasteiger partial charge in [-0.1, -0.05) is 80.9 Å². The summed E-state index contributed by atoms with van der Waals surface area (Å²) < 4.78 is 0. The summed E-state index contributed by atoms with van der Waals surface area (Å²) in [6, 6.07) is 21.7. The van der Waals surface area contributed by atoms with Gasteiger partial charge in [0.05, 0.1) is 5.92 Å². The number of piperidine rings is 1. The van der Waals surface area contributed by atoms with Crippen molar-refractivity contribution in [2.75, 3.05) is 19.6 Å². The van der Waals surface area contributed by atoms with Crippen molar-refractivity contribution in [3.05, 3.63) is 71.8 Å². The van der Waals surface area contributed by atoms with Crippen LogP contribution in [0.15, 0.2) is 60.7 Å². The number of likely N-dealkylation sites (tertiary alicyclic amines) is 1. The molecule has 1 aliphatic carbocycles. The molecule has 1 saturated heterocycles. The van der Waals surface area contributed by atoms with Crippen molar-refractivity contribution in [3.63, 3.8) is 0 Å². The first-order chi connectivity index (χ1) is 16.5. The van der Waals surface area contributed by atoms with Crippen LogP contribution in [-0.4, -0.2) is 35.6 Å². The van der Waals surface area contributed by atoms with Gasteiger partial charge in [0.2, 0.25) is 0 Å². The lowest BCUT2D eigenvalue weighted by Crippen LogP contribution is -2.37. The molecule has 3 nitrogen and oxygen atoms in total. The minimum absolute atomic E-state index is 0.185. The number of hydrogen-bond donors (Lipinski definition) is 1. The standard InChI is InChI=1S/C31H43NO2/c1-23(2)30(31(33)34)27-20-28(29(21-27)26-14-7-4-8-15-26)22-32-18-16-25(17-19-32)13-9-12-24-10-5-3-6-11-24/h3-8,10-11,14-15,23,25,27-30H,9,12-13,16-22H2,1-2H3,(H,33,34)/t27?,28-,29-,30?/m1/s1. The van der Waals surface area contributed by atoms with Crippen molar-refractivity contribution in [1.82, 2.24) is 4.90 Å². The zero-order chi connectivity index (χ0) is 23.9. The summed E-state index contributed by atoms with van der Waals surface area (Å²) in [6.45, 7) is 7.67. The van der Waals surface area contributed by atoms with Crippen LogP contribution in [-0.2, 0) is 11.2 Å². The summed E-state index contributed by atoms with van der Waals surface area (Å²) in [6.07, 6.45) is 8.52. The summed E-state index contributed by atoms with van der Waals surface area (Å²) in [5.74, 6) is 1.53. The summed E-state index contributed by atoms with van der Waals surface area (Å²) in [5.41, 5.74) is 2.86. The van der Waals surface area contributed by atoms with E-state index in [1.54, 1.807) is 0 Å². The largest absolute Gasteiger partial charge is 0.481 e. The smallest absolute Gasteiger partial charge is 0.307 e. The Kier molecular flexibility index (Phi) is 8.83. The number of hydrogen-bond acceptors (Lipinski definition) is 2. The van der Waals surface area contributed by atoms with Crippen LogP contribution in [0.1, 0.15) is 69.4 Å². The minimum Gasteiger partial charge on any atom is -0.481 e. The maximum atomic E-state index is 12.1. The number of aliphatic carboxylic acids is 1. The molecular formula is C31H43NO2. The van der Waals surface area contributed by atoms with Gasteiger partial charge in [-0.25, -0.2) is 0 Å². The van der Waals surface area contributed by atoms with Crippen molar-refractivity contribution >= 4 is 5.97 Å². The summed E-state index contributed by atoms with van der Waals surface area (Å²) in [5, 5.41) is 9.93. The number of rotatable bonds is 10. The van der Waals surface area contributed by atoms with Crippen molar-refractivity contribution < 1.29 is 9.90 Å². The van der Waals surface area contributed by atoms with Gasteiger partial charge in [0.1, 0.15) is 0 Å². The Morgan fingerprint density at radius 1 is 0.971 bits per heavy atom. The van der Waals surface area contributed by atoms with E-state index in [1.165, 1.54) is 56.3 Å². The van der Waals surface area contributed by atoms with Crippen molar-refractivity contribution in [1.29, 1.82) is 0 Å². The molecule has 2 aromatic carbocycles. The summed E-state index contributed by atoms with van der Waals surface area (Å²) in [7, 11) is 0. The fraction of sp³-hybridized carbons (Fsp3) is 0.581. The molecule has 2 unspecified atom stereocenters. The molecule has 184 valence electrons. The third-order valence-electron chi connectivity index (χ3n) is 8.59. The average Bonchev–Trinajstić information content (AvgIpc) is 3.24. The number of benzene rings is 2. The molecule has 0 aromatic heterocycles. The van der Waals surface area contributed by atoms with Gasteiger partial charge < -0.3 is 10.0 Å². The van der Waals surface area contributed by atoms with Gasteiger partial charge in [-0.3, -0.25) is 4.79 Å². The monoisotopic (exact) mass is 461 g/mol. The second-order valence-electron chi connectivity index (χ2n) is 11.2. The molecule has 4 rings (SSSR count). The SMILES string of the molecule is CC(C)C(C(=O)O)C1C[C@H](CN2CCC(CCCc3ccccc3)CC2)[C@@H](c2ccccc2)C1. The van der Waals surface area contributed by atoms with E-state index in [-0.39, 0.29) is 17.8 Å². The van der Waals surface area contributed by atoms with Crippen LogP contribution in [0.5, 0.6) is 0 Å². The van der Waals surface area contributed by atoms with Crippen molar-refractivity contribution in [2.24, 2.45) is 29.6 Å². The molecule has 1 N–H and O–H groups in total. The highest BCUT2D eigenvalue weighted by atomic mass is 16.4. The Hall–Kier alpha value is -2.13. The Balaban J connectivity index is 1.31. The van der Waals surface area contributed by atoms with Crippen LogP contribution >= 0.6 is 0 Å². The number of carboxylic acids is 1. The van der Waals surface area contributed by atoms with Gasteiger partial charge >= 0.3 is 5.97 Å². The van der Waals surface area contributed by atoms with E-state index in [9.17, 15) is 9.90 Å². The molecule has 2 aliphatic rings. The van der Waals surface area contributed by atoms with E-state index in [4.69, 9.17) is 0 Å². The van der Waals surface area contributed by atoms with Crippen molar-refractivity contribution in [2.45, 2.75) is 64.7 Å². The molecule has 3 heteroatoms. The van der Waals surface area contributed by atoms with Crippen LogP contribution in [0.4, 0.5) is 0 Å². The molecule has 34 heavy (non-hydrogen) atoms. The van der Waals surface area contributed by atoms with Gasteiger partial charge in [0, 0.05) is 6.54 Å². The molecule has 1 heterocycles. The Morgan fingerprint density at radius 3 is 2.24 bits per heavy atom. The van der Waals surface area contributed by atoms with E-state index in [2.05, 4.69) is 79.4 Å². The van der Waals surface area contributed by atoms with Crippen LogP contribution in [0.25, 0.3) is 0 Å². The maximum Gasteiger partial charge on any atom is 0.307 e. The molecule has 1 aliphatic heterocycles. The molecule has 0 bridgehead atoms. The Bertz CT molecular complexity index is 873. The van der Waals surface area contributed by atoms with E-state index in [1.807, 2.05) is 0 Å². The quantitative estimate of drug-likeness (QED) is 0.419. The third-order valence-corrected chi connectivity index (χ3v) is 8.59. The first-order valence-corrected chi connectivity index (χ1v) is 13.5. The molecular weight excluding hydrogens is 418 g/mol. The minimum atomic E-state index is -0.608. The number of nitrogens with zero attached hydrogens (tertiary/aromatic N) is 1. The van der Waals surface area contributed by atoms with Gasteiger partial charge in [-0.2, -0.15) is 0 Å². The number of carbonyl (C=O) groups is 1. The summed E-state index contributed by atoms with van der Waals surface area (Å²) >= 11 is 0. The van der Waals surface area contributed by atoms with Crippen LogP contribution in [0.3, 0.4) is 0 Å². The predicted molar refractivity (Wildman–Crippen MR) is 140 cm³/mol. The lowest BCUT2D eigenvalue weighted by atomic mass is 9.81. The van der Waals surface area contributed by atoms with E-state index >= 15 is 0 Å². The second-order valence-corrected chi connectivity index (χ2v) is 11.2. The first kappa shape index (κ1) is 25.0. The molecule has 0 radical (unpaired) electrons. The lowest BCUT2D eigenvalue weighted by Gasteiger charge is -2.35. The van der Waals surface area contributed by atoms with Crippen LogP contribution < -0.4 is 0 Å². The molecule has 0 amide bonds. The highest BCUT2D eigenvalue weighted by Gasteiger charge is 2.42. The maximum absolute atomic E-state index is 12.1. The fourth-order valence-corrected chi connectivity index (χ4v) is 6.83. The Labute approximate surface area is 206 Å². The normalized spacial score (nSPS) is 25.0. The average molecular weight is 462 g/mol. The van der Waals surface area contributed by atoms with Crippen LogP contribution in [0, 0.1) is 29.6 Å². The summed E-state index contributed by atoms with van der Waals surface area (Å²) in [4.78, 5) is 14.8. The zero-order valence-corrected chi connectivity index (χ0v) is 21.1. The number of carboxylic acid groups (broad SMARTS) is 1. The lowest BCUT2D eigenvalue weighted by molar-refractivity contribution is -0.145. The van der Waals surface area contributed by atoms with Crippen molar-refractivity contribution in [3.8, 4) is 0 Å². The van der Waals surface area contributed by atoms with Gasteiger partial charge in [-0.15, -0.1) is 0 Å². The van der Waals surface area contributed by atoms with E-state index < -0.39 is 5.97 Å². The molecule has 2 aromatic rings. The second kappa shape index (κ2) is 12.0. The highest BCUT2D eigenvalue weighted by Crippen LogP contribution is 2.48. The molecule has 2 fully saturated rings. The van der Waals surface area contributed by atoms with Gasteiger partial charge in [-0.05, 0) is 92.3 Å². The predicted octanol–water partition coefficient (Wildman–Crippen LogP) is 6.89. The van der Waals surface area contributed by atoms with Crippen LogP contribution in [0.2, 0.25) is 0 Å². The first-order valence-electron chi connectivity index (χ1n) is 13.5. The molecule has 4 atom stereocenters. The number of aryl methyl sites for hydroxylation is 1. The Morgan fingerprint density at radius 2 is 1.62 bits per heavy atom.